The molecule has 1 heterocycles. The minimum absolute atomic E-state index is 0.0629. The number of aromatic nitrogens is 3. The summed E-state index contributed by atoms with van der Waals surface area (Å²) < 4.78 is 43.0. The number of para-hydroxylation sites is 1. The molecule has 0 bridgehead atoms. The third-order valence-corrected chi connectivity index (χ3v) is 3.77. The lowest BCUT2D eigenvalue weighted by Gasteiger charge is -2.10. The van der Waals surface area contributed by atoms with Crippen molar-refractivity contribution in [3.8, 4) is 5.69 Å². The number of carbonyl (C=O) groups is 2. The lowest BCUT2D eigenvalue weighted by atomic mass is 10.2. The van der Waals surface area contributed by atoms with Gasteiger partial charge in [0, 0.05) is 5.69 Å². The predicted octanol–water partition coefficient (Wildman–Crippen LogP) is 3.39. The van der Waals surface area contributed by atoms with Gasteiger partial charge in [-0.1, -0.05) is 24.3 Å². The number of amides is 1. The molecule has 0 fully saturated rings. The highest BCUT2D eigenvalue weighted by Crippen LogP contribution is 2.30. The van der Waals surface area contributed by atoms with Crippen LogP contribution < -0.4 is 5.32 Å². The fourth-order valence-corrected chi connectivity index (χ4v) is 2.41. The van der Waals surface area contributed by atoms with E-state index in [4.69, 9.17) is 4.74 Å². The molecule has 0 radical (unpaired) electrons. The van der Waals surface area contributed by atoms with Gasteiger partial charge in [-0.05, 0) is 37.3 Å². The highest BCUT2D eigenvalue weighted by molar-refractivity contribution is 5.95. The normalized spacial score (nSPS) is 11.2. The van der Waals surface area contributed by atoms with E-state index in [9.17, 15) is 22.8 Å². The van der Waals surface area contributed by atoms with Gasteiger partial charge in [-0.15, -0.1) is 5.10 Å². The van der Waals surface area contributed by atoms with Gasteiger partial charge in [0.2, 0.25) is 0 Å². The molecule has 0 saturated heterocycles. The smallest absolute Gasteiger partial charge is 0.416 e. The summed E-state index contributed by atoms with van der Waals surface area (Å²) in [4.78, 5) is 25.4. The van der Waals surface area contributed by atoms with E-state index >= 15 is 0 Å². The Bertz CT molecular complexity index is 1030. The second-order valence-corrected chi connectivity index (χ2v) is 5.96. The Morgan fingerprint density at radius 2 is 1.79 bits per heavy atom. The number of ether oxygens (including phenoxy) is 1. The van der Waals surface area contributed by atoms with Crippen molar-refractivity contribution in [2.75, 3.05) is 11.9 Å². The topological polar surface area (TPSA) is 86.1 Å². The molecule has 0 spiro atoms. The Morgan fingerprint density at radius 3 is 2.48 bits per heavy atom. The van der Waals surface area contributed by atoms with Crippen LogP contribution in [-0.4, -0.2) is 33.5 Å². The molecule has 2 aromatic carbocycles. The van der Waals surface area contributed by atoms with E-state index < -0.39 is 30.2 Å². The van der Waals surface area contributed by atoms with Crippen LogP contribution in [0.5, 0.6) is 0 Å². The molecule has 3 aromatic rings. The Morgan fingerprint density at radius 1 is 1.07 bits per heavy atom. The van der Waals surface area contributed by atoms with Crippen molar-refractivity contribution in [2.45, 2.75) is 13.1 Å². The zero-order valence-corrected chi connectivity index (χ0v) is 15.1. The van der Waals surface area contributed by atoms with Gasteiger partial charge in [0.1, 0.15) is 0 Å². The maximum Gasteiger partial charge on any atom is 0.416 e. The van der Waals surface area contributed by atoms with Gasteiger partial charge in [-0.2, -0.15) is 23.1 Å². The zero-order valence-electron chi connectivity index (χ0n) is 15.1. The molecule has 0 aliphatic rings. The number of halogens is 3. The van der Waals surface area contributed by atoms with Gasteiger partial charge >= 0.3 is 12.1 Å². The number of aryl methyl sites for hydroxylation is 1. The van der Waals surface area contributed by atoms with Gasteiger partial charge in [0.05, 0.1) is 16.9 Å². The van der Waals surface area contributed by atoms with Crippen molar-refractivity contribution in [1.82, 2.24) is 15.0 Å². The summed E-state index contributed by atoms with van der Waals surface area (Å²) in [7, 11) is 0. The summed E-state index contributed by atoms with van der Waals surface area (Å²) in [6, 6.07) is 13.0. The summed E-state index contributed by atoms with van der Waals surface area (Å²) in [6.07, 6.45) is -4.53. The molecule has 150 valence electrons. The summed E-state index contributed by atoms with van der Waals surface area (Å²) in [5.41, 5.74) is -0.0951. The maximum absolute atomic E-state index is 12.7. The summed E-state index contributed by atoms with van der Waals surface area (Å²) >= 11 is 0. The predicted molar refractivity (Wildman–Crippen MR) is 96.5 cm³/mol. The molecule has 0 aliphatic heterocycles. The highest BCUT2D eigenvalue weighted by atomic mass is 19.4. The average molecular weight is 404 g/mol. The van der Waals surface area contributed by atoms with Crippen molar-refractivity contribution in [1.29, 1.82) is 0 Å². The molecule has 0 atom stereocenters. The fraction of sp³-hybridized carbons (Fsp3) is 0.158. The number of hydrogen-bond acceptors (Lipinski definition) is 5. The van der Waals surface area contributed by atoms with Crippen molar-refractivity contribution in [2.24, 2.45) is 0 Å². The quantitative estimate of drug-likeness (QED) is 0.659. The average Bonchev–Trinajstić information content (AvgIpc) is 3.08. The minimum Gasteiger partial charge on any atom is -0.451 e. The Labute approximate surface area is 163 Å². The van der Waals surface area contributed by atoms with Crippen molar-refractivity contribution in [3.05, 3.63) is 71.5 Å². The van der Waals surface area contributed by atoms with Crippen LogP contribution in [0.3, 0.4) is 0 Å². The van der Waals surface area contributed by atoms with Crippen LogP contribution in [-0.2, 0) is 15.7 Å². The Balaban J connectivity index is 1.61. The summed E-state index contributed by atoms with van der Waals surface area (Å²) in [5, 5.41) is 10.4. The van der Waals surface area contributed by atoms with Gasteiger partial charge in [-0.25, -0.2) is 4.79 Å². The summed E-state index contributed by atoms with van der Waals surface area (Å²) in [6.45, 7) is 0.873. The molecule has 10 heteroatoms. The van der Waals surface area contributed by atoms with E-state index in [0.717, 1.165) is 18.2 Å². The molecular formula is C19H15F3N4O3. The lowest BCUT2D eigenvalue weighted by molar-refractivity contribution is -0.137. The van der Waals surface area contributed by atoms with Crippen molar-refractivity contribution >= 4 is 17.6 Å². The molecule has 1 aromatic heterocycles. The minimum atomic E-state index is -4.53. The number of esters is 1. The molecule has 0 aliphatic carbocycles. The van der Waals surface area contributed by atoms with Crippen LogP contribution in [0, 0.1) is 6.92 Å². The first-order valence-corrected chi connectivity index (χ1v) is 8.37. The van der Waals surface area contributed by atoms with Crippen LogP contribution in [0.1, 0.15) is 21.7 Å². The largest absolute Gasteiger partial charge is 0.451 e. The number of carbonyl (C=O) groups excluding carboxylic acids is 2. The second kappa shape index (κ2) is 8.13. The third kappa shape index (κ3) is 4.98. The SMILES string of the molecule is Cc1nn(-c2ccccc2)nc1C(=O)OCC(=O)Nc1cccc(C(F)(F)F)c1. The Kier molecular flexibility index (Phi) is 5.62. The first-order chi connectivity index (χ1) is 13.7. The molecule has 3 rings (SSSR count). The van der Waals surface area contributed by atoms with E-state index in [1.807, 2.05) is 6.07 Å². The fourth-order valence-electron chi connectivity index (χ4n) is 2.41. The standard InChI is InChI=1S/C19H15F3N4O3/c1-12-17(25-26(24-12)15-8-3-2-4-9-15)18(28)29-11-16(27)23-14-7-5-6-13(10-14)19(20,21)22/h2-10H,11H2,1H3,(H,23,27). The zero-order chi connectivity index (χ0) is 21.0. The van der Waals surface area contributed by atoms with Crippen LogP contribution >= 0.6 is 0 Å². The van der Waals surface area contributed by atoms with E-state index in [2.05, 4.69) is 15.5 Å². The molecule has 0 unspecified atom stereocenters. The highest BCUT2D eigenvalue weighted by Gasteiger charge is 2.30. The van der Waals surface area contributed by atoms with Gasteiger partial charge in [-0.3, -0.25) is 4.79 Å². The molecule has 29 heavy (non-hydrogen) atoms. The number of benzene rings is 2. The first kappa shape index (κ1) is 20.1. The lowest BCUT2D eigenvalue weighted by Crippen LogP contribution is -2.21. The van der Waals surface area contributed by atoms with Crippen LogP contribution in [0.15, 0.2) is 54.6 Å². The second-order valence-electron chi connectivity index (χ2n) is 5.96. The number of nitrogens with zero attached hydrogens (tertiary/aromatic N) is 3. The third-order valence-electron chi connectivity index (χ3n) is 3.77. The van der Waals surface area contributed by atoms with Crippen molar-refractivity contribution in [3.63, 3.8) is 0 Å². The van der Waals surface area contributed by atoms with E-state index in [-0.39, 0.29) is 11.4 Å². The number of anilines is 1. The number of nitrogens with one attached hydrogen (secondary N) is 1. The van der Waals surface area contributed by atoms with Crippen LogP contribution in [0.25, 0.3) is 5.69 Å². The van der Waals surface area contributed by atoms with Gasteiger partial charge < -0.3 is 10.1 Å². The van der Waals surface area contributed by atoms with Crippen LogP contribution in [0.4, 0.5) is 18.9 Å². The number of hydrogen-bond donors (Lipinski definition) is 1. The van der Waals surface area contributed by atoms with E-state index in [1.54, 1.807) is 31.2 Å². The molecule has 0 saturated carbocycles. The van der Waals surface area contributed by atoms with Crippen molar-refractivity contribution < 1.29 is 27.5 Å². The first-order valence-electron chi connectivity index (χ1n) is 8.37. The van der Waals surface area contributed by atoms with Crippen LogP contribution in [0.2, 0.25) is 0 Å². The molecule has 1 N–H and O–H groups in total. The molecule has 7 nitrogen and oxygen atoms in total. The van der Waals surface area contributed by atoms with E-state index in [1.165, 1.54) is 10.9 Å². The number of alkyl halides is 3. The molecule has 1 amide bonds. The molecular weight excluding hydrogens is 389 g/mol. The van der Waals surface area contributed by atoms with E-state index in [0.29, 0.717) is 11.4 Å². The van der Waals surface area contributed by atoms with Gasteiger partial charge in [0.25, 0.3) is 5.91 Å². The Hall–Kier alpha value is -3.69. The van der Waals surface area contributed by atoms with Gasteiger partial charge in [0.15, 0.2) is 12.3 Å². The monoisotopic (exact) mass is 404 g/mol. The summed E-state index contributed by atoms with van der Waals surface area (Å²) in [5.74, 6) is -1.66. The number of rotatable bonds is 5. The maximum atomic E-state index is 12.7.